The van der Waals surface area contributed by atoms with Crippen molar-refractivity contribution in [3.05, 3.63) is 72.1 Å². The molecule has 2 aromatic heterocycles. The number of ketones is 1. The van der Waals surface area contributed by atoms with Gasteiger partial charge in [-0.25, -0.2) is 9.79 Å². The Morgan fingerprint density at radius 3 is 1.72 bits per heavy atom. The van der Waals surface area contributed by atoms with Crippen molar-refractivity contribution in [3.8, 4) is 0 Å². The maximum atomic E-state index is 13.4. The number of nitrogens with two attached hydrogens (primary N) is 1. The maximum Gasteiger partial charge on any atom is 0.418 e. The van der Waals surface area contributed by atoms with Crippen molar-refractivity contribution in [2.45, 2.75) is 64.3 Å². The van der Waals surface area contributed by atoms with Gasteiger partial charge in [0.15, 0.2) is 0 Å². The number of aromatic nitrogens is 2. The Bertz CT molecular complexity index is 2050. The fraction of sp³-hybridized carbons (Fsp3) is 0.545. The van der Waals surface area contributed by atoms with Crippen LogP contribution in [0.2, 0.25) is 0 Å². The number of isocyanates is 1. The first kappa shape index (κ1) is 51.0. The van der Waals surface area contributed by atoms with E-state index in [1.54, 1.807) is 30.3 Å². The highest BCUT2D eigenvalue weighted by atomic mass is 35.5. The first-order chi connectivity index (χ1) is 28.3. The summed E-state index contributed by atoms with van der Waals surface area (Å²) < 4.78 is 79.7. The van der Waals surface area contributed by atoms with Crippen LogP contribution < -0.4 is 15.5 Å². The molecule has 0 spiro atoms. The molecule has 0 bridgehead atoms. The zero-order valence-corrected chi connectivity index (χ0v) is 36.6. The predicted molar refractivity (Wildman–Crippen MR) is 233 cm³/mol. The number of anilines is 2. The monoisotopic (exact) mass is 880 g/mol. The Labute approximate surface area is 361 Å². The van der Waals surface area contributed by atoms with Crippen molar-refractivity contribution in [2.24, 2.45) is 28.5 Å². The van der Waals surface area contributed by atoms with Crippen LogP contribution in [-0.2, 0) is 21.9 Å². The Morgan fingerprint density at radius 2 is 1.26 bits per heavy atom. The molecule has 4 aromatic rings. The summed E-state index contributed by atoms with van der Waals surface area (Å²) in [5.41, 5.74) is 6.18. The molecular weight excluding hydrogens is 822 g/mol. The molecule has 0 saturated carbocycles. The number of hydrogen-bond acceptors (Lipinski definition) is 10. The summed E-state index contributed by atoms with van der Waals surface area (Å²) in [7, 11) is 7.85. The highest BCUT2D eigenvalue weighted by molar-refractivity contribution is 5.95. The van der Waals surface area contributed by atoms with Crippen LogP contribution in [0.3, 0.4) is 0 Å². The molecule has 0 unspecified atom stereocenters. The van der Waals surface area contributed by atoms with Crippen LogP contribution in [0, 0.1) is 17.8 Å². The molecule has 2 N–H and O–H groups in total. The van der Waals surface area contributed by atoms with Crippen LogP contribution in [0.25, 0.3) is 21.8 Å². The molecule has 4 atom stereocenters. The second kappa shape index (κ2) is 23.2. The van der Waals surface area contributed by atoms with Crippen molar-refractivity contribution in [3.63, 3.8) is 0 Å². The second-order valence-electron chi connectivity index (χ2n) is 16.6. The lowest BCUT2D eigenvalue weighted by molar-refractivity contribution is -0.137. The van der Waals surface area contributed by atoms with E-state index in [1.165, 1.54) is 24.5 Å². The van der Waals surface area contributed by atoms with E-state index in [-0.39, 0.29) is 41.2 Å². The van der Waals surface area contributed by atoms with Crippen LogP contribution in [0.5, 0.6) is 0 Å². The largest absolute Gasteiger partial charge is 0.418 e. The zero-order valence-electron chi connectivity index (χ0n) is 35.8. The number of hydrogen-bond donors (Lipinski definition) is 1. The molecule has 2 aliphatic rings. The van der Waals surface area contributed by atoms with Gasteiger partial charge in [-0.1, -0.05) is 13.8 Å². The van der Waals surface area contributed by atoms with Crippen molar-refractivity contribution in [1.82, 2.24) is 19.8 Å². The SMILES string of the molecule is CN(C)CCN=C=O.C[C@H]1C[C@@H](CC(=O)CCCN(C)C)CN(c2ccc(C(F)(F)F)c3ncccc23)C1.C[C@H]1C[C@@H](N)CN(c2ccc(C(F)(F)F)c3ncccc23)C1.Cl. The Hall–Kier alpha value is -4.34. The third-order valence-electron chi connectivity index (χ3n) is 10.5. The van der Waals surface area contributed by atoms with Gasteiger partial charge in [-0.3, -0.25) is 14.8 Å². The van der Waals surface area contributed by atoms with Crippen LogP contribution >= 0.6 is 12.4 Å². The minimum atomic E-state index is -4.44. The smallest absolute Gasteiger partial charge is 0.370 e. The maximum absolute atomic E-state index is 13.4. The van der Waals surface area contributed by atoms with Crippen LogP contribution in [-0.4, -0.2) is 112 Å². The molecule has 6 rings (SSSR count). The molecule has 0 aliphatic carbocycles. The summed E-state index contributed by atoms with van der Waals surface area (Å²) in [5.74, 6) is 1.27. The number of halogens is 7. The van der Waals surface area contributed by atoms with E-state index in [4.69, 9.17) is 5.73 Å². The van der Waals surface area contributed by atoms with Gasteiger partial charge in [0.25, 0.3) is 0 Å². The number of fused-ring (bicyclic) bond motifs is 2. The molecule has 2 fully saturated rings. The Morgan fingerprint density at radius 1 is 0.770 bits per heavy atom. The highest BCUT2D eigenvalue weighted by Gasteiger charge is 2.36. The first-order valence-corrected chi connectivity index (χ1v) is 20.3. The summed E-state index contributed by atoms with van der Waals surface area (Å²) in [6.07, 6.45) is -0.715. The number of likely N-dealkylation sites (N-methyl/N-ethyl adjacent to an activating group) is 1. The molecule has 17 heteroatoms. The fourth-order valence-corrected chi connectivity index (χ4v) is 8.06. The number of benzene rings is 2. The van der Waals surface area contributed by atoms with Crippen molar-refractivity contribution in [1.29, 1.82) is 0 Å². The third kappa shape index (κ3) is 15.2. The van der Waals surface area contributed by atoms with E-state index in [9.17, 15) is 35.9 Å². The van der Waals surface area contributed by atoms with Gasteiger partial charge < -0.3 is 25.3 Å². The minimum Gasteiger partial charge on any atom is -0.370 e. The summed E-state index contributed by atoms with van der Waals surface area (Å²) in [5, 5.41) is 1.04. The molecular formula is C44H59ClF6N8O2. The van der Waals surface area contributed by atoms with E-state index in [0.717, 1.165) is 68.9 Å². The molecule has 2 saturated heterocycles. The average Bonchev–Trinajstić information content (AvgIpc) is 3.16. The number of carbonyl (C=O) groups excluding carboxylic acids is 2. The molecule has 61 heavy (non-hydrogen) atoms. The van der Waals surface area contributed by atoms with Gasteiger partial charge in [0, 0.05) is 86.1 Å². The normalized spacial score (nSPS) is 19.4. The van der Waals surface area contributed by atoms with E-state index in [0.29, 0.717) is 55.1 Å². The highest BCUT2D eigenvalue weighted by Crippen LogP contribution is 2.40. The van der Waals surface area contributed by atoms with Gasteiger partial charge in [-0.2, -0.15) is 26.3 Å². The Kier molecular flexibility index (Phi) is 19.4. The summed E-state index contributed by atoms with van der Waals surface area (Å²) in [6, 6.07) is 12.1. The quantitative estimate of drug-likeness (QED) is 0.0899. The number of rotatable bonds is 11. The van der Waals surface area contributed by atoms with Gasteiger partial charge >= 0.3 is 12.4 Å². The molecule has 10 nitrogen and oxygen atoms in total. The number of nitrogens with zero attached hydrogens (tertiary/aromatic N) is 7. The van der Waals surface area contributed by atoms with Crippen molar-refractivity contribution >= 4 is 57.5 Å². The summed E-state index contributed by atoms with van der Waals surface area (Å²) in [6.45, 7) is 9.40. The van der Waals surface area contributed by atoms with E-state index >= 15 is 0 Å². The van der Waals surface area contributed by atoms with Gasteiger partial charge in [-0.15, -0.1) is 12.4 Å². The average molecular weight is 881 g/mol. The minimum absolute atomic E-state index is 0. The number of aliphatic imine (C=N–C) groups is 1. The molecule has 0 amide bonds. The van der Waals surface area contributed by atoms with E-state index < -0.39 is 23.5 Å². The van der Waals surface area contributed by atoms with Crippen LogP contribution in [0.1, 0.15) is 57.1 Å². The topological polar surface area (TPSA) is 111 Å². The van der Waals surface area contributed by atoms with Gasteiger partial charge in [0.1, 0.15) is 5.78 Å². The summed E-state index contributed by atoms with van der Waals surface area (Å²) in [4.78, 5) is 41.5. The van der Waals surface area contributed by atoms with Crippen LogP contribution in [0.15, 0.2) is 65.9 Å². The van der Waals surface area contributed by atoms with Crippen molar-refractivity contribution < 1.29 is 35.9 Å². The molecule has 2 aliphatic heterocycles. The fourth-order valence-electron chi connectivity index (χ4n) is 8.06. The number of pyridine rings is 2. The third-order valence-corrected chi connectivity index (χ3v) is 10.5. The molecule has 336 valence electrons. The number of Topliss-reactive ketones (excluding diaryl/α,β-unsaturated/α-hetero) is 1. The number of piperidine rings is 2. The molecule has 4 heterocycles. The summed E-state index contributed by atoms with van der Waals surface area (Å²) >= 11 is 0. The Balaban J connectivity index is 0.000000280. The van der Waals surface area contributed by atoms with Gasteiger partial charge in [0.2, 0.25) is 6.08 Å². The first-order valence-electron chi connectivity index (χ1n) is 20.3. The lowest BCUT2D eigenvalue weighted by Crippen LogP contribution is -2.46. The molecule has 0 radical (unpaired) electrons. The number of carbonyl (C=O) groups is 1. The standard InChI is InChI=1S/C23H30F3N3O.C16H18F3N3.C5H10N2O.ClH/c1-16-12-17(13-18(30)6-5-11-28(2)3)15-29(14-16)21-9-8-20(23(24,25)26)22-19(21)7-4-10-27-22;1-10-7-11(20)9-22(8-10)14-5-4-13(16(17,18)19)15-12(14)3-2-6-21-15;1-7(2)4-3-6-5-8;/h4,7-10,16-17H,5-6,11-15H2,1-3H3;2-6,10-11H,7-9,20H2,1H3;3-4H2,1-2H3;1H/t16-,17-;10-,11+;;/m00../s1. The number of alkyl halides is 6. The van der Waals surface area contributed by atoms with Gasteiger partial charge in [0.05, 0.1) is 28.7 Å². The van der Waals surface area contributed by atoms with Crippen LogP contribution in [0.4, 0.5) is 37.7 Å². The van der Waals surface area contributed by atoms with Gasteiger partial charge in [-0.05, 0) is 120 Å². The van der Waals surface area contributed by atoms with E-state index in [2.05, 4.69) is 43.5 Å². The molecule has 2 aromatic carbocycles. The second-order valence-corrected chi connectivity index (χ2v) is 16.6. The predicted octanol–water partition coefficient (Wildman–Crippen LogP) is 8.75. The van der Waals surface area contributed by atoms with Crippen molar-refractivity contribution in [2.75, 3.05) is 83.8 Å². The zero-order chi connectivity index (χ0) is 44.2. The van der Waals surface area contributed by atoms with E-state index in [1.807, 2.05) is 33.1 Å². The lowest BCUT2D eigenvalue weighted by Gasteiger charge is -2.38. The lowest BCUT2D eigenvalue weighted by atomic mass is 9.86.